The zero-order valence-electron chi connectivity index (χ0n) is 11.4. The topological polar surface area (TPSA) is 50.1 Å². The molecule has 3 heteroatoms. The molecule has 3 nitrogen and oxygen atoms in total. The zero-order valence-corrected chi connectivity index (χ0v) is 11.4. The van der Waals surface area contributed by atoms with E-state index in [1.54, 1.807) is 13.8 Å². The lowest BCUT2D eigenvalue weighted by atomic mass is 9.72. The van der Waals surface area contributed by atoms with E-state index in [4.69, 9.17) is 4.74 Å². The molecule has 0 aliphatic rings. The molecule has 0 aliphatic heterocycles. The fraction of sp³-hybridized carbons (Fsp3) is 0.467. The van der Waals surface area contributed by atoms with Crippen molar-refractivity contribution in [3.05, 3.63) is 35.9 Å². The van der Waals surface area contributed by atoms with Gasteiger partial charge < -0.3 is 4.74 Å². The zero-order chi connectivity index (χ0) is 13.8. The molecule has 0 heterocycles. The third kappa shape index (κ3) is 3.10. The van der Waals surface area contributed by atoms with Crippen molar-refractivity contribution in [2.45, 2.75) is 39.7 Å². The Hall–Kier alpha value is -1.82. The van der Waals surface area contributed by atoms with E-state index in [0.29, 0.717) is 6.42 Å². The number of rotatable bonds is 4. The van der Waals surface area contributed by atoms with Gasteiger partial charge in [0.15, 0.2) is 0 Å². The molecule has 1 atom stereocenters. The number of carbonyl (C=O) groups is 1. The van der Waals surface area contributed by atoms with Gasteiger partial charge in [0.1, 0.15) is 5.60 Å². The Labute approximate surface area is 108 Å². The van der Waals surface area contributed by atoms with Gasteiger partial charge in [-0.05, 0) is 32.8 Å². The van der Waals surface area contributed by atoms with Crippen molar-refractivity contribution in [1.82, 2.24) is 0 Å². The molecule has 0 radical (unpaired) electrons. The maximum atomic E-state index is 11.1. The van der Waals surface area contributed by atoms with E-state index in [1.807, 2.05) is 37.3 Å². The van der Waals surface area contributed by atoms with Crippen molar-refractivity contribution < 1.29 is 9.53 Å². The molecule has 0 bridgehead atoms. The molecule has 1 aromatic rings. The fourth-order valence-corrected chi connectivity index (χ4v) is 1.86. The summed E-state index contributed by atoms with van der Waals surface area (Å²) < 4.78 is 5.30. The summed E-state index contributed by atoms with van der Waals surface area (Å²) in [4.78, 5) is 11.1. The van der Waals surface area contributed by atoms with Crippen LogP contribution in [0.25, 0.3) is 0 Å². The van der Waals surface area contributed by atoms with Crippen LogP contribution in [0.4, 0.5) is 0 Å². The third-order valence-corrected chi connectivity index (χ3v) is 3.37. The van der Waals surface area contributed by atoms with Crippen LogP contribution in [-0.2, 0) is 16.0 Å². The van der Waals surface area contributed by atoms with Crippen molar-refractivity contribution in [3.63, 3.8) is 0 Å². The monoisotopic (exact) mass is 245 g/mol. The van der Waals surface area contributed by atoms with Crippen LogP contribution < -0.4 is 0 Å². The largest absolute Gasteiger partial charge is 0.458 e. The first-order chi connectivity index (χ1) is 8.31. The first-order valence-corrected chi connectivity index (χ1v) is 5.95. The Balaban J connectivity index is 2.99. The van der Waals surface area contributed by atoms with Gasteiger partial charge in [-0.2, -0.15) is 5.26 Å². The first kappa shape index (κ1) is 14.2. The SMILES string of the molecule is CC(=O)OC(C)(C)[C@](C)(C#N)Cc1ccccc1. The van der Waals surface area contributed by atoms with E-state index in [1.165, 1.54) is 6.92 Å². The van der Waals surface area contributed by atoms with Crippen LogP contribution in [0.3, 0.4) is 0 Å². The molecule has 0 N–H and O–H groups in total. The summed E-state index contributed by atoms with van der Waals surface area (Å²) in [5, 5.41) is 9.45. The molecule has 18 heavy (non-hydrogen) atoms. The van der Waals surface area contributed by atoms with Gasteiger partial charge in [0.05, 0.1) is 11.5 Å². The second-order valence-electron chi connectivity index (χ2n) is 5.21. The lowest BCUT2D eigenvalue weighted by Crippen LogP contribution is -2.45. The van der Waals surface area contributed by atoms with E-state index in [9.17, 15) is 10.1 Å². The van der Waals surface area contributed by atoms with Crippen LogP contribution in [0.15, 0.2) is 30.3 Å². The summed E-state index contributed by atoms with van der Waals surface area (Å²) in [5.41, 5.74) is -0.537. The molecule has 0 aromatic heterocycles. The standard InChI is InChI=1S/C15H19NO2/c1-12(17)18-14(2,3)15(4,11-16)10-13-8-6-5-7-9-13/h5-9H,10H2,1-4H3/t15-/m0/s1. The molecule has 0 fully saturated rings. The number of nitriles is 1. The lowest BCUT2D eigenvalue weighted by molar-refractivity contribution is -0.162. The van der Waals surface area contributed by atoms with Crippen molar-refractivity contribution >= 4 is 5.97 Å². The Kier molecular flexibility index (Phi) is 4.13. The molecule has 1 rings (SSSR count). The highest BCUT2D eigenvalue weighted by atomic mass is 16.6. The Morgan fingerprint density at radius 2 is 1.83 bits per heavy atom. The summed E-state index contributed by atoms with van der Waals surface area (Å²) in [6, 6.07) is 12.0. The second-order valence-corrected chi connectivity index (χ2v) is 5.21. The van der Waals surface area contributed by atoms with Gasteiger partial charge in [-0.25, -0.2) is 0 Å². The number of hydrogen-bond acceptors (Lipinski definition) is 3. The van der Waals surface area contributed by atoms with E-state index in [0.717, 1.165) is 5.56 Å². The molecule has 1 aromatic carbocycles. The Morgan fingerprint density at radius 1 is 1.28 bits per heavy atom. The predicted molar refractivity (Wildman–Crippen MR) is 69.7 cm³/mol. The molecular formula is C15H19NO2. The van der Waals surface area contributed by atoms with Gasteiger partial charge in [0, 0.05) is 6.92 Å². The number of hydrogen-bond donors (Lipinski definition) is 0. The van der Waals surface area contributed by atoms with E-state index < -0.39 is 11.0 Å². The van der Waals surface area contributed by atoms with Gasteiger partial charge >= 0.3 is 5.97 Å². The van der Waals surface area contributed by atoms with Crippen LogP contribution in [0.2, 0.25) is 0 Å². The third-order valence-electron chi connectivity index (χ3n) is 3.37. The smallest absolute Gasteiger partial charge is 0.303 e. The highest BCUT2D eigenvalue weighted by molar-refractivity contribution is 5.66. The van der Waals surface area contributed by atoms with Crippen LogP contribution in [0.1, 0.15) is 33.3 Å². The number of nitrogens with zero attached hydrogens (tertiary/aromatic N) is 1. The molecule has 0 spiro atoms. The number of esters is 1. The summed E-state index contributed by atoms with van der Waals surface area (Å²) in [6.45, 7) is 6.74. The average molecular weight is 245 g/mol. The quantitative estimate of drug-likeness (QED) is 0.766. The number of benzene rings is 1. The molecule has 0 unspecified atom stereocenters. The number of ether oxygens (including phenoxy) is 1. The Morgan fingerprint density at radius 3 is 2.28 bits per heavy atom. The van der Waals surface area contributed by atoms with E-state index >= 15 is 0 Å². The van der Waals surface area contributed by atoms with Gasteiger partial charge in [0.2, 0.25) is 0 Å². The summed E-state index contributed by atoms with van der Waals surface area (Å²) in [6.07, 6.45) is 0.546. The summed E-state index contributed by atoms with van der Waals surface area (Å²) in [7, 11) is 0. The molecule has 0 saturated carbocycles. The van der Waals surface area contributed by atoms with Crippen LogP contribution in [0.5, 0.6) is 0 Å². The fourth-order valence-electron chi connectivity index (χ4n) is 1.86. The van der Waals surface area contributed by atoms with Gasteiger partial charge in [0.25, 0.3) is 0 Å². The molecule has 0 saturated heterocycles. The van der Waals surface area contributed by atoms with Gasteiger partial charge in [-0.15, -0.1) is 0 Å². The highest BCUT2D eigenvalue weighted by Gasteiger charge is 2.44. The molecule has 0 amide bonds. The molecule has 96 valence electrons. The van der Waals surface area contributed by atoms with Gasteiger partial charge in [-0.3, -0.25) is 4.79 Å². The average Bonchev–Trinajstić information content (AvgIpc) is 2.28. The van der Waals surface area contributed by atoms with Crippen LogP contribution in [-0.4, -0.2) is 11.6 Å². The minimum absolute atomic E-state index is 0.366. The molecular weight excluding hydrogens is 226 g/mol. The van der Waals surface area contributed by atoms with Crippen LogP contribution >= 0.6 is 0 Å². The van der Waals surface area contributed by atoms with Gasteiger partial charge in [-0.1, -0.05) is 30.3 Å². The Bertz CT molecular complexity index is 459. The minimum atomic E-state index is -0.830. The molecule has 0 aliphatic carbocycles. The number of carbonyl (C=O) groups excluding carboxylic acids is 1. The van der Waals surface area contributed by atoms with E-state index in [-0.39, 0.29) is 5.97 Å². The van der Waals surface area contributed by atoms with Crippen molar-refractivity contribution in [3.8, 4) is 6.07 Å². The maximum absolute atomic E-state index is 11.1. The van der Waals surface area contributed by atoms with E-state index in [2.05, 4.69) is 6.07 Å². The van der Waals surface area contributed by atoms with Crippen molar-refractivity contribution in [1.29, 1.82) is 5.26 Å². The summed E-state index contributed by atoms with van der Waals surface area (Å²) in [5.74, 6) is -0.366. The summed E-state index contributed by atoms with van der Waals surface area (Å²) >= 11 is 0. The lowest BCUT2D eigenvalue weighted by Gasteiger charge is -2.38. The highest BCUT2D eigenvalue weighted by Crippen LogP contribution is 2.37. The van der Waals surface area contributed by atoms with Crippen LogP contribution in [0, 0.1) is 16.7 Å². The first-order valence-electron chi connectivity index (χ1n) is 5.95. The minimum Gasteiger partial charge on any atom is -0.458 e. The normalized spacial score (nSPS) is 14.4. The second kappa shape index (κ2) is 5.22. The maximum Gasteiger partial charge on any atom is 0.303 e. The van der Waals surface area contributed by atoms with Crippen molar-refractivity contribution in [2.75, 3.05) is 0 Å². The van der Waals surface area contributed by atoms with Crippen molar-refractivity contribution in [2.24, 2.45) is 5.41 Å². The predicted octanol–water partition coefficient (Wildman–Crippen LogP) is 3.10.